The fourth-order valence-electron chi connectivity index (χ4n) is 4.03. The molecule has 0 aromatic heterocycles. The first kappa shape index (κ1) is 12.6. The highest BCUT2D eigenvalue weighted by molar-refractivity contribution is 4.92. The van der Waals surface area contributed by atoms with Gasteiger partial charge in [-0.3, -0.25) is 9.80 Å². The zero-order valence-electron chi connectivity index (χ0n) is 11.9. The molecule has 3 atom stereocenters. The summed E-state index contributed by atoms with van der Waals surface area (Å²) < 4.78 is 6.02. The van der Waals surface area contributed by atoms with E-state index >= 15 is 0 Å². The van der Waals surface area contributed by atoms with Crippen molar-refractivity contribution in [3.8, 4) is 0 Å². The second-order valence-electron chi connectivity index (χ2n) is 6.87. The second kappa shape index (κ2) is 5.32. The predicted octanol–water partition coefficient (Wildman–Crippen LogP) is 0.676. The summed E-state index contributed by atoms with van der Waals surface area (Å²) in [5.41, 5.74) is 0. The summed E-state index contributed by atoms with van der Waals surface area (Å²) in [6, 6.07) is 2.37. The smallest absolute Gasteiger partial charge is 0.0827 e. The number of nitrogens with zero attached hydrogens (tertiary/aromatic N) is 2. The van der Waals surface area contributed by atoms with Crippen molar-refractivity contribution in [1.29, 1.82) is 0 Å². The lowest BCUT2D eigenvalue weighted by Gasteiger charge is -2.35. The molecule has 0 aromatic carbocycles. The predicted molar refractivity (Wildman–Crippen MR) is 75.3 cm³/mol. The Morgan fingerprint density at radius 3 is 2.74 bits per heavy atom. The number of fused-ring (bicyclic) bond motifs is 1. The molecule has 0 bridgehead atoms. The topological polar surface area (TPSA) is 27.7 Å². The third-order valence-corrected chi connectivity index (χ3v) is 5.38. The van der Waals surface area contributed by atoms with Gasteiger partial charge in [0.1, 0.15) is 0 Å². The van der Waals surface area contributed by atoms with Crippen LogP contribution in [0.15, 0.2) is 0 Å². The number of nitrogens with one attached hydrogen (secondary N) is 1. The number of rotatable bonds is 4. The molecule has 4 aliphatic rings. The molecule has 1 saturated carbocycles. The van der Waals surface area contributed by atoms with E-state index in [1.54, 1.807) is 0 Å². The largest absolute Gasteiger partial charge is 0.374 e. The lowest BCUT2D eigenvalue weighted by Crippen LogP contribution is -2.50. The summed E-state index contributed by atoms with van der Waals surface area (Å²) in [6.45, 7) is 7.03. The molecule has 4 heteroatoms. The van der Waals surface area contributed by atoms with Gasteiger partial charge in [0.25, 0.3) is 0 Å². The third-order valence-electron chi connectivity index (χ3n) is 5.38. The van der Waals surface area contributed by atoms with Gasteiger partial charge in [0.2, 0.25) is 0 Å². The van der Waals surface area contributed by atoms with E-state index in [1.165, 1.54) is 51.7 Å². The number of hydrogen-bond acceptors (Lipinski definition) is 4. The van der Waals surface area contributed by atoms with Crippen molar-refractivity contribution in [1.82, 2.24) is 15.1 Å². The van der Waals surface area contributed by atoms with Gasteiger partial charge in [-0.05, 0) is 38.6 Å². The Bertz CT molecular complexity index is 321. The molecule has 3 unspecified atom stereocenters. The highest BCUT2D eigenvalue weighted by Crippen LogP contribution is 2.29. The second-order valence-corrected chi connectivity index (χ2v) is 6.87. The average molecular weight is 265 g/mol. The Kier molecular flexibility index (Phi) is 3.52. The van der Waals surface area contributed by atoms with E-state index in [1.807, 2.05) is 0 Å². The van der Waals surface area contributed by atoms with E-state index < -0.39 is 0 Å². The Morgan fingerprint density at radius 2 is 1.84 bits per heavy atom. The van der Waals surface area contributed by atoms with Crippen LogP contribution in [0.5, 0.6) is 0 Å². The lowest BCUT2D eigenvalue weighted by atomic mass is 10.2. The molecule has 0 amide bonds. The third kappa shape index (κ3) is 2.82. The molecule has 1 N–H and O–H groups in total. The normalized spacial score (nSPS) is 40.7. The Balaban J connectivity index is 1.20. The summed E-state index contributed by atoms with van der Waals surface area (Å²) in [5.74, 6) is 0. The highest BCUT2D eigenvalue weighted by atomic mass is 16.5. The molecule has 0 spiro atoms. The Labute approximate surface area is 116 Å². The van der Waals surface area contributed by atoms with Gasteiger partial charge < -0.3 is 10.1 Å². The first-order valence-corrected chi connectivity index (χ1v) is 8.21. The van der Waals surface area contributed by atoms with Crippen LogP contribution in [-0.4, -0.2) is 73.4 Å². The van der Waals surface area contributed by atoms with Crippen LogP contribution in [0.2, 0.25) is 0 Å². The van der Waals surface area contributed by atoms with Crippen LogP contribution >= 0.6 is 0 Å². The first-order valence-electron chi connectivity index (χ1n) is 8.21. The summed E-state index contributed by atoms with van der Waals surface area (Å²) in [6.07, 6.45) is 7.34. The molecule has 0 aromatic rings. The molecule has 19 heavy (non-hydrogen) atoms. The van der Waals surface area contributed by atoms with Crippen LogP contribution in [0.25, 0.3) is 0 Å². The zero-order valence-corrected chi connectivity index (χ0v) is 11.9. The van der Waals surface area contributed by atoms with E-state index in [0.29, 0.717) is 12.1 Å². The number of likely N-dealkylation sites (tertiary alicyclic amines) is 1. The van der Waals surface area contributed by atoms with Crippen LogP contribution in [0, 0.1) is 0 Å². The molecular weight excluding hydrogens is 238 g/mol. The standard InChI is InChI=1S/C15H27N3O/c1-2-14-11-19-15(10-17(14)6-1)8-16-12-5-7-18(9-12)13-3-4-13/h12-16H,1-11H2. The van der Waals surface area contributed by atoms with Gasteiger partial charge in [-0.1, -0.05) is 0 Å². The fraction of sp³-hybridized carbons (Fsp3) is 1.00. The van der Waals surface area contributed by atoms with Gasteiger partial charge in [-0.15, -0.1) is 0 Å². The van der Waals surface area contributed by atoms with E-state index in [2.05, 4.69) is 15.1 Å². The average Bonchev–Trinajstić information content (AvgIpc) is 3.01. The van der Waals surface area contributed by atoms with Crippen LogP contribution < -0.4 is 5.32 Å². The van der Waals surface area contributed by atoms with Crippen LogP contribution in [-0.2, 0) is 4.74 Å². The molecule has 4 rings (SSSR count). The maximum Gasteiger partial charge on any atom is 0.0827 e. The number of ether oxygens (including phenoxy) is 1. The van der Waals surface area contributed by atoms with Crippen molar-refractivity contribution in [2.75, 3.05) is 39.3 Å². The molecule has 108 valence electrons. The molecular formula is C15H27N3O. The van der Waals surface area contributed by atoms with Crippen LogP contribution in [0.1, 0.15) is 32.1 Å². The molecule has 0 radical (unpaired) electrons. The minimum Gasteiger partial charge on any atom is -0.374 e. The number of hydrogen-bond donors (Lipinski definition) is 1. The SMILES string of the molecule is C1CC2COC(CNC3CCN(C4CC4)C3)CN2C1. The van der Waals surface area contributed by atoms with Crippen molar-refractivity contribution in [2.45, 2.75) is 56.3 Å². The quantitative estimate of drug-likeness (QED) is 0.809. The van der Waals surface area contributed by atoms with Crippen molar-refractivity contribution < 1.29 is 4.74 Å². The Morgan fingerprint density at radius 1 is 0.947 bits per heavy atom. The van der Waals surface area contributed by atoms with Gasteiger partial charge in [0.15, 0.2) is 0 Å². The molecule has 3 heterocycles. The number of morpholine rings is 1. The van der Waals surface area contributed by atoms with Crippen LogP contribution in [0.3, 0.4) is 0 Å². The van der Waals surface area contributed by atoms with Crippen molar-refractivity contribution in [2.24, 2.45) is 0 Å². The van der Waals surface area contributed by atoms with Gasteiger partial charge in [-0.2, -0.15) is 0 Å². The molecule has 3 saturated heterocycles. The van der Waals surface area contributed by atoms with E-state index in [0.717, 1.165) is 31.8 Å². The minimum atomic E-state index is 0.421. The fourth-order valence-corrected chi connectivity index (χ4v) is 4.03. The zero-order chi connectivity index (χ0) is 12.7. The Hall–Kier alpha value is -0.160. The van der Waals surface area contributed by atoms with Crippen molar-refractivity contribution in [3.05, 3.63) is 0 Å². The molecule has 3 aliphatic heterocycles. The maximum atomic E-state index is 6.02. The van der Waals surface area contributed by atoms with Gasteiger partial charge in [-0.25, -0.2) is 0 Å². The van der Waals surface area contributed by atoms with Gasteiger partial charge >= 0.3 is 0 Å². The molecule has 4 fully saturated rings. The summed E-state index contributed by atoms with van der Waals surface area (Å²) >= 11 is 0. The van der Waals surface area contributed by atoms with E-state index in [9.17, 15) is 0 Å². The minimum absolute atomic E-state index is 0.421. The lowest BCUT2D eigenvalue weighted by molar-refractivity contribution is -0.0477. The van der Waals surface area contributed by atoms with E-state index in [-0.39, 0.29) is 0 Å². The summed E-state index contributed by atoms with van der Waals surface area (Å²) in [7, 11) is 0. The van der Waals surface area contributed by atoms with Crippen molar-refractivity contribution in [3.63, 3.8) is 0 Å². The molecule has 1 aliphatic carbocycles. The van der Waals surface area contributed by atoms with Gasteiger partial charge in [0.05, 0.1) is 12.7 Å². The summed E-state index contributed by atoms with van der Waals surface area (Å²) in [4.78, 5) is 5.32. The van der Waals surface area contributed by atoms with E-state index in [4.69, 9.17) is 4.74 Å². The first-order chi connectivity index (χ1) is 9.38. The van der Waals surface area contributed by atoms with Crippen LogP contribution in [0.4, 0.5) is 0 Å². The van der Waals surface area contributed by atoms with Gasteiger partial charge in [0, 0.05) is 44.3 Å². The maximum absolute atomic E-state index is 6.02. The highest BCUT2D eigenvalue weighted by Gasteiger charge is 2.35. The molecule has 4 nitrogen and oxygen atoms in total. The summed E-state index contributed by atoms with van der Waals surface area (Å²) in [5, 5.41) is 3.75. The van der Waals surface area contributed by atoms with Crippen molar-refractivity contribution >= 4 is 0 Å². The monoisotopic (exact) mass is 265 g/mol.